The monoisotopic (exact) mass is 459 g/mol. The van der Waals surface area contributed by atoms with Crippen LogP contribution in [0.5, 0.6) is 0 Å². The van der Waals surface area contributed by atoms with E-state index in [1.54, 1.807) is 0 Å². The van der Waals surface area contributed by atoms with Crippen LogP contribution in [0.25, 0.3) is 0 Å². The summed E-state index contributed by atoms with van der Waals surface area (Å²) in [6.07, 6.45) is 4.23. The van der Waals surface area contributed by atoms with Crippen LogP contribution in [0.3, 0.4) is 0 Å². The Morgan fingerprint density at radius 2 is 1.90 bits per heavy atom. The third kappa shape index (κ3) is 4.82. The Morgan fingerprint density at radius 1 is 1.21 bits per heavy atom. The van der Waals surface area contributed by atoms with Crippen LogP contribution in [-0.2, 0) is 14.3 Å². The average Bonchev–Trinajstić information content (AvgIpc) is 2.63. The molecule has 2 aliphatic rings. The number of ketones is 1. The number of Topliss-reactive ketones (excluding diaryl/α,β-unsaturated/α-hetero) is 1. The molecule has 1 aliphatic heterocycles. The van der Waals surface area contributed by atoms with Crippen LogP contribution in [0.15, 0.2) is 51.3 Å². The Balaban J connectivity index is 2.01. The van der Waals surface area contributed by atoms with E-state index in [9.17, 15) is 9.59 Å². The Morgan fingerprint density at radius 3 is 2.55 bits per heavy atom. The molecule has 0 aromatic heterocycles. The fourth-order valence-corrected chi connectivity index (χ4v) is 4.55. The summed E-state index contributed by atoms with van der Waals surface area (Å²) in [5.74, 6) is -0.606. The third-order valence-corrected chi connectivity index (χ3v) is 6.17. The number of rotatable bonds is 6. The zero-order chi connectivity index (χ0) is 21.2. The second kappa shape index (κ2) is 8.86. The number of hydrogen-bond acceptors (Lipinski definition) is 4. The second-order valence-electron chi connectivity index (χ2n) is 8.82. The molecule has 0 saturated heterocycles. The third-order valence-electron chi connectivity index (χ3n) is 5.64. The molecule has 0 bridgehead atoms. The number of esters is 1. The number of nitrogens with one attached hydrogen (secondary N) is 1. The minimum Gasteiger partial charge on any atom is -0.462 e. The molecule has 0 spiro atoms. The van der Waals surface area contributed by atoms with Crippen LogP contribution in [0.2, 0.25) is 0 Å². The number of dihydropyridines is 1. The number of carbonyl (C=O) groups excluding carboxylic acids is 2. The van der Waals surface area contributed by atoms with Gasteiger partial charge in [-0.25, -0.2) is 4.79 Å². The minimum absolute atomic E-state index is 0.0916. The Labute approximate surface area is 181 Å². The molecule has 0 saturated carbocycles. The van der Waals surface area contributed by atoms with E-state index in [0.29, 0.717) is 18.6 Å². The van der Waals surface area contributed by atoms with Crippen molar-refractivity contribution < 1.29 is 14.3 Å². The number of halogens is 1. The predicted molar refractivity (Wildman–Crippen MR) is 118 cm³/mol. The zero-order valence-corrected chi connectivity index (χ0v) is 19.3. The highest BCUT2D eigenvalue weighted by atomic mass is 79.9. The van der Waals surface area contributed by atoms with Gasteiger partial charge in [0, 0.05) is 33.8 Å². The first kappa shape index (κ1) is 21.8. The van der Waals surface area contributed by atoms with Gasteiger partial charge >= 0.3 is 5.97 Å². The zero-order valence-electron chi connectivity index (χ0n) is 17.7. The summed E-state index contributed by atoms with van der Waals surface area (Å²) in [6.45, 7) is 8.66. The fraction of sp³-hybridized carbons (Fsp3) is 0.500. The van der Waals surface area contributed by atoms with Crippen molar-refractivity contribution in [1.82, 2.24) is 5.32 Å². The number of benzene rings is 1. The van der Waals surface area contributed by atoms with Gasteiger partial charge in [0.15, 0.2) is 5.78 Å². The molecule has 1 atom stereocenters. The molecule has 156 valence electrons. The fourth-order valence-electron chi connectivity index (χ4n) is 4.29. The Hall–Kier alpha value is -1.88. The first-order valence-corrected chi connectivity index (χ1v) is 11.2. The van der Waals surface area contributed by atoms with Crippen LogP contribution in [0, 0.1) is 5.41 Å². The topological polar surface area (TPSA) is 55.4 Å². The molecule has 0 fully saturated rings. The first-order valence-electron chi connectivity index (χ1n) is 10.4. The Kier molecular flexibility index (Phi) is 6.67. The van der Waals surface area contributed by atoms with Crippen molar-refractivity contribution in [2.24, 2.45) is 5.41 Å². The molecule has 29 heavy (non-hydrogen) atoms. The lowest BCUT2D eigenvalue weighted by Gasteiger charge is -2.39. The maximum Gasteiger partial charge on any atom is 0.336 e. The molecule has 5 heteroatoms. The van der Waals surface area contributed by atoms with Gasteiger partial charge in [-0.1, -0.05) is 61.7 Å². The number of unbranched alkanes of at least 4 members (excludes halogenated alkanes) is 2. The smallest absolute Gasteiger partial charge is 0.336 e. The second-order valence-corrected chi connectivity index (χ2v) is 9.74. The lowest BCUT2D eigenvalue weighted by molar-refractivity contribution is -0.139. The molecule has 1 heterocycles. The van der Waals surface area contributed by atoms with E-state index in [0.717, 1.165) is 52.7 Å². The quantitative estimate of drug-likeness (QED) is 0.432. The molecule has 1 aromatic carbocycles. The molecule has 0 unspecified atom stereocenters. The van der Waals surface area contributed by atoms with E-state index >= 15 is 0 Å². The Bertz CT molecular complexity index is 865. The average molecular weight is 460 g/mol. The van der Waals surface area contributed by atoms with Gasteiger partial charge in [0.1, 0.15) is 0 Å². The number of ether oxygens (including phenoxy) is 1. The van der Waals surface area contributed by atoms with E-state index in [4.69, 9.17) is 4.74 Å². The van der Waals surface area contributed by atoms with E-state index in [-0.39, 0.29) is 23.1 Å². The van der Waals surface area contributed by atoms with Crippen molar-refractivity contribution >= 4 is 27.7 Å². The van der Waals surface area contributed by atoms with Gasteiger partial charge in [0.2, 0.25) is 0 Å². The molecule has 0 radical (unpaired) electrons. The van der Waals surface area contributed by atoms with Crippen molar-refractivity contribution in [2.75, 3.05) is 6.61 Å². The highest BCUT2D eigenvalue weighted by molar-refractivity contribution is 9.10. The summed E-state index contributed by atoms with van der Waals surface area (Å²) in [5, 5.41) is 3.38. The van der Waals surface area contributed by atoms with Gasteiger partial charge in [0.25, 0.3) is 0 Å². The van der Waals surface area contributed by atoms with Gasteiger partial charge in [-0.3, -0.25) is 4.79 Å². The maximum atomic E-state index is 13.2. The summed E-state index contributed by atoms with van der Waals surface area (Å²) >= 11 is 3.48. The van der Waals surface area contributed by atoms with Crippen LogP contribution in [0.1, 0.15) is 71.3 Å². The van der Waals surface area contributed by atoms with Crippen molar-refractivity contribution in [3.05, 3.63) is 56.8 Å². The molecule has 1 N–H and O–H groups in total. The van der Waals surface area contributed by atoms with E-state index in [2.05, 4.69) is 42.0 Å². The molecule has 4 nitrogen and oxygen atoms in total. The lowest BCUT2D eigenvalue weighted by Crippen LogP contribution is -2.38. The number of hydrogen-bond donors (Lipinski definition) is 1. The largest absolute Gasteiger partial charge is 0.462 e. The van der Waals surface area contributed by atoms with Crippen LogP contribution >= 0.6 is 15.9 Å². The summed E-state index contributed by atoms with van der Waals surface area (Å²) < 4.78 is 6.57. The van der Waals surface area contributed by atoms with Crippen LogP contribution < -0.4 is 5.32 Å². The molecule has 1 aromatic rings. The summed E-state index contributed by atoms with van der Waals surface area (Å²) in [6, 6.07) is 7.87. The molecule has 1 aliphatic carbocycles. The SMILES string of the molecule is CCCCCOC(=O)C1=C(C)NC2=C(C(=O)CC(C)(C)C2)[C@@H]1c1ccc(Br)cc1. The predicted octanol–water partition coefficient (Wildman–Crippen LogP) is 5.79. The molecular formula is C24H30BrNO3. The first-order chi connectivity index (χ1) is 13.7. The summed E-state index contributed by atoms with van der Waals surface area (Å²) in [4.78, 5) is 26.3. The van der Waals surface area contributed by atoms with E-state index in [1.807, 2.05) is 31.2 Å². The van der Waals surface area contributed by atoms with Crippen LogP contribution in [-0.4, -0.2) is 18.4 Å². The highest BCUT2D eigenvalue weighted by Gasteiger charge is 2.43. The molecule has 0 amide bonds. The van der Waals surface area contributed by atoms with Gasteiger partial charge < -0.3 is 10.1 Å². The van der Waals surface area contributed by atoms with Crippen molar-refractivity contribution in [3.8, 4) is 0 Å². The van der Waals surface area contributed by atoms with Crippen LogP contribution in [0.4, 0.5) is 0 Å². The maximum absolute atomic E-state index is 13.2. The summed E-state index contributed by atoms with van der Waals surface area (Å²) in [5.41, 5.74) is 3.84. The van der Waals surface area contributed by atoms with Crippen molar-refractivity contribution in [3.63, 3.8) is 0 Å². The van der Waals surface area contributed by atoms with E-state index < -0.39 is 0 Å². The lowest BCUT2D eigenvalue weighted by atomic mass is 9.68. The molecular weight excluding hydrogens is 430 g/mol. The summed E-state index contributed by atoms with van der Waals surface area (Å²) in [7, 11) is 0. The standard InChI is InChI=1S/C24H30BrNO3/c1-5-6-7-12-29-23(28)20-15(2)26-18-13-24(3,4)14-19(27)22(18)21(20)16-8-10-17(25)11-9-16/h8-11,21,26H,5-7,12-14H2,1-4H3/t21-/m1/s1. The van der Waals surface area contributed by atoms with Crippen molar-refractivity contribution in [1.29, 1.82) is 0 Å². The molecule has 3 rings (SSSR count). The van der Waals surface area contributed by atoms with Gasteiger partial charge in [-0.05, 0) is 42.9 Å². The number of allylic oxidation sites excluding steroid dienone is 3. The highest BCUT2D eigenvalue weighted by Crippen LogP contribution is 2.46. The van der Waals surface area contributed by atoms with Gasteiger partial charge in [-0.2, -0.15) is 0 Å². The van der Waals surface area contributed by atoms with Gasteiger partial charge in [-0.15, -0.1) is 0 Å². The van der Waals surface area contributed by atoms with Crippen molar-refractivity contribution in [2.45, 2.75) is 65.7 Å². The van der Waals surface area contributed by atoms with Gasteiger partial charge in [0.05, 0.1) is 12.2 Å². The van der Waals surface area contributed by atoms with E-state index in [1.165, 1.54) is 0 Å². The number of carbonyl (C=O) groups is 2. The normalized spacial score (nSPS) is 21.0. The minimum atomic E-state index is -0.387.